The minimum atomic E-state index is -0.305. The molecular formula is C22H19ClN2O3. The monoisotopic (exact) mass is 394 g/mol. The van der Waals surface area contributed by atoms with Crippen molar-refractivity contribution in [1.29, 1.82) is 0 Å². The van der Waals surface area contributed by atoms with Crippen LogP contribution in [0.3, 0.4) is 0 Å². The molecule has 142 valence electrons. The minimum Gasteiger partial charge on any atom is -0.482 e. The normalized spacial score (nSPS) is 10.2. The maximum Gasteiger partial charge on any atom is 0.262 e. The summed E-state index contributed by atoms with van der Waals surface area (Å²) in [7, 11) is 0. The number of hydrogen-bond donors (Lipinski definition) is 2. The van der Waals surface area contributed by atoms with E-state index < -0.39 is 0 Å². The average Bonchev–Trinajstić information content (AvgIpc) is 2.70. The van der Waals surface area contributed by atoms with Crippen molar-refractivity contribution in [3.8, 4) is 5.75 Å². The Hall–Kier alpha value is -3.31. The molecule has 0 aromatic heterocycles. The van der Waals surface area contributed by atoms with Gasteiger partial charge in [-0.1, -0.05) is 41.9 Å². The van der Waals surface area contributed by atoms with Crippen molar-refractivity contribution in [1.82, 2.24) is 0 Å². The lowest BCUT2D eigenvalue weighted by Gasteiger charge is -2.12. The van der Waals surface area contributed by atoms with E-state index >= 15 is 0 Å². The minimum absolute atomic E-state index is 0.157. The van der Waals surface area contributed by atoms with Gasteiger partial charge < -0.3 is 15.4 Å². The highest BCUT2D eigenvalue weighted by atomic mass is 35.5. The van der Waals surface area contributed by atoms with E-state index in [1.165, 1.54) is 0 Å². The van der Waals surface area contributed by atoms with Gasteiger partial charge in [0.25, 0.3) is 11.8 Å². The second-order valence-electron chi connectivity index (χ2n) is 6.12. The van der Waals surface area contributed by atoms with E-state index in [2.05, 4.69) is 10.6 Å². The first-order valence-electron chi connectivity index (χ1n) is 8.67. The average molecular weight is 395 g/mol. The molecular weight excluding hydrogens is 376 g/mol. The smallest absolute Gasteiger partial charge is 0.262 e. The van der Waals surface area contributed by atoms with Gasteiger partial charge >= 0.3 is 0 Å². The Morgan fingerprint density at radius 3 is 2.36 bits per heavy atom. The van der Waals surface area contributed by atoms with Crippen molar-refractivity contribution in [3.05, 3.63) is 88.9 Å². The Balaban J connectivity index is 1.58. The molecule has 0 aliphatic rings. The number of para-hydroxylation sites is 1. The van der Waals surface area contributed by atoms with Crippen molar-refractivity contribution in [3.63, 3.8) is 0 Å². The Labute approximate surface area is 168 Å². The van der Waals surface area contributed by atoms with E-state index in [1.54, 1.807) is 54.6 Å². The fourth-order valence-electron chi connectivity index (χ4n) is 2.57. The van der Waals surface area contributed by atoms with Crippen LogP contribution in [0.25, 0.3) is 0 Å². The first-order valence-corrected chi connectivity index (χ1v) is 9.05. The first-order chi connectivity index (χ1) is 13.5. The van der Waals surface area contributed by atoms with Crippen molar-refractivity contribution >= 4 is 34.8 Å². The third kappa shape index (κ3) is 5.11. The molecule has 0 heterocycles. The van der Waals surface area contributed by atoms with Gasteiger partial charge in [-0.2, -0.15) is 0 Å². The van der Waals surface area contributed by atoms with Crippen LogP contribution >= 0.6 is 11.6 Å². The lowest BCUT2D eigenvalue weighted by molar-refractivity contribution is -0.118. The fraction of sp³-hybridized carbons (Fsp3) is 0.0909. The molecule has 5 nitrogen and oxygen atoms in total. The highest BCUT2D eigenvalue weighted by Gasteiger charge is 2.10. The van der Waals surface area contributed by atoms with Crippen molar-refractivity contribution in [2.75, 3.05) is 17.2 Å². The molecule has 3 rings (SSSR count). The van der Waals surface area contributed by atoms with Gasteiger partial charge in [0.15, 0.2) is 6.61 Å². The van der Waals surface area contributed by atoms with Gasteiger partial charge in [-0.3, -0.25) is 9.59 Å². The molecule has 2 N–H and O–H groups in total. The highest BCUT2D eigenvalue weighted by molar-refractivity contribution is 6.32. The Morgan fingerprint density at radius 2 is 1.64 bits per heavy atom. The Morgan fingerprint density at radius 1 is 0.929 bits per heavy atom. The molecule has 0 aliphatic heterocycles. The maximum absolute atomic E-state index is 12.3. The molecule has 0 saturated heterocycles. The molecule has 6 heteroatoms. The second-order valence-corrected chi connectivity index (χ2v) is 6.52. The molecule has 3 aromatic carbocycles. The van der Waals surface area contributed by atoms with Gasteiger partial charge in [0.05, 0.1) is 5.02 Å². The summed E-state index contributed by atoms with van der Waals surface area (Å²) >= 11 is 6.00. The zero-order valence-corrected chi connectivity index (χ0v) is 16.0. The van der Waals surface area contributed by atoms with Crippen LogP contribution in [0.1, 0.15) is 15.9 Å². The largest absolute Gasteiger partial charge is 0.482 e. The van der Waals surface area contributed by atoms with E-state index in [4.69, 9.17) is 16.3 Å². The molecule has 0 spiro atoms. The van der Waals surface area contributed by atoms with Gasteiger partial charge in [-0.25, -0.2) is 0 Å². The van der Waals surface area contributed by atoms with Crippen LogP contribution in [0.2, 0.25) is 5.02 Å². The molecule has 0 fully saturated rings. The topological polar surface area (TPSA) is 67.4 Å². The van der Waals surface area contributed by atoms with Crippen LogP contribution in [0.5, 0.6) is 5.75 Å². The molecule has 0 atom stereocenters. The van der Waals surface area contributed by atoms with Crippen molar-refractivity contribution in [2.45, 2.75) is 6.92 Å². The lowest BCUT2D eigenvalue weighted by atomic mass is 10.1. The number of halogens is 1. The number of carbonyl (C=O) groups is 2. The van der Waals surface area contributed by atoms with E-state index in [0.717, 1.165) is 5.56 Å². The summed E-state index contributed by atoms with van der Waals surface area (Å²) in [6.45, 7) is 1.70. The molecule has 28 heavy (non-hydrogen) atoms. The maximum atomic E-state index is 12.3. The van der Waals surface area contributed by atoms with E-state index in [1.807, 2.05) is 25.1 Å². The van der Waals surface area contributed by atoms with E-state index in [0.29, 0.717) is 27.7 Å². The SMILES string of the molecule is Cc1cc(NC(=O)COc2ccccc2Cl)ccc1NC(=O)c1ccccc1. The number of rotatable bonds is 6. The standard InChI is InChI=1S/C22H19ClN2O3/c1-15-13-17(24-21(26)14-28-20-10-6-5-9-18(20)23)11-12-19(15)25-22(27)16-7-3-2-4-8-16/h2-13H,14H2,1H3,(H,24,26)(H,25,27). The van der Waals surface area contributed by atoms with Crippen LogP contribution in [0, 0.1) is 6.92 Å². The zero-order chi connectivity index (χ0) is 19.9. The summed E-state index contributed by atoms with van der Waals surface area (Å²) in [6.07, 6.45) is 0. The molecule has 0 radical (unpaired) electrons. The number of carbonyl (C=O) groups excluding carboxylic acids is 2. The summed E-state index contributed by atoms with van der Waals surface area (Å²) in [6, 6.07) is 21.2. The summed E-state index contributed by atoms with van der Waals surface area (Å²) in [4.78, 5) is 24.4. The van der Waals surface area contributed by atoms with Crippen LogP contribution in [0.4, 0.5) is 11.4 Å². The van der Waals surface area contributed by atoms with E-state index in [9.17, 15) is 9.59 Å². The number of nitrogens with one attached hydrogen (secondary N) is 2. The summed E-state index contributed by atoms with van der Waals surface area (Å²) in [5.74, 6) is -0.0384. The number of anilines is 2. The zero-order valence-electron chi connectivity index (χ0n) is 15.2. The molecule has 0 unspecified atom stereocenters. The number of hydrogen-bond acceptors (Lipinski definition) is 3. The van der Waals surface area contributed by atoms with Gasteiger partial charge in [-0.15, -0.1) is 0 Å². The molecule has 0 aliphatic carbocycles. The first kappa shape index (κ1) is 19.5. The molecule has 2 amide bonds. The number of aryl methyl sites for hydroxylation is 1. The number of amides is 2. The summed E-state index contributed by atoms with van der Waals surface area (Å²) in [5, 5.41) is 6.08. The summed E-state index contributed by atoms with van der Waals surface area (Å²) in [5.41, 5.74) is 2.70. The highest BCUT2D eigenvalue weighted by Crippen LogP contribution is 2.23. The van der Waals surface area contributed by atoms with Crippen LogP contribution in [-0.4, -0.2) is 18.4 Å². The van der Waals surface area contributed by atoms with Crippen LogP contribution in [0.15, 0.2) is 72.8 Å². The number of benzene rings is 3. The lowest BCUT2D eigenvalue weighted by Crippen LogP contribution is -2.20. The van der Waals surface area contributed by atoms with Crippen LogP contribution < -0.4 is 15.4 Å². The Bertz CT molecular complexity index is 990. The predicted molar refractivity (Wildman–Crippen MR) is 111 cm³/mol. The van der Waals surface area contributed by atoms with E-state index in [-0.39, 0.29) is 18.4 Å². The predicted octanol–water partition coefficient (Wildman–Crippen LogP) is 4.92. The third-order valence-corrected chi connectivity index (χ3v) is 4.30. The number of ether oxygens (including phenoxy) is 1. The molecule has 0 bridgehead atoms. The van der Waals surface area contributed by atoms with Crippen LogP contribution in [-0.2, 0) is 4.79 Å². The Kier molecular flexibility index (Phi) is 6.29. The second kappa shape index (κ2) is 9.06. The fourth-order valence-corrected chi connectivity index (χ4v) is 2.76. The summed E-state index contributed by atoms with van der Waals surface area (Å²) < 4.78 is 5.43. The third-order valence-electron chi connectivity index (χ3n) is 3.99. The molecule has 3 aromatic rings. The van der Waals surface area contributed by atoms with Gasteiger partial charge in [0.1, 0.15) is 5.75 Å². The van der Waals surface area contributed by atoms with Crippen molar-refractivity contribution < 1.29 is 14.3 Å². The van der Waals surface area contributed by atoms with Gasteiger partial charge in [0.2, 0.25) is 0 Å². The van der Waals surface area contributed by atoms with Gasteiger partial charge in [0, 0.05) is 16.9 Å². The molecule has 0 saturated carbocycles. The van der Waals surface area contributed by atoms with Gasteiger partial charge in [-0.05, 0) is 55.0 Å². The van der Waals surface area contributed by atoms with Crippen molar-refractivity contribution in [2.24, 2.45) is 0 Å². The quantitative estimate of drug-likeness (QED) is 0.623.